The van der Waals surface area contributed by atoms with Gasteiger partial charge in [0.15, 0.2) is 18.1 Å². The molecule has 0 bridgehead atoms. The number of rotatable bonds is 9. The summed E-state index contributed by atoms with van der Waals surface area (Å²) >= 11 is 0. The molecule has 2 aromatic rings. The van der Waals surface area contributed by atoms with Crippen LogP contribution in [0.3, 0.4) is 0 Å². The predicted molar refractivity (Wildman–Crippen MR) is 99.3 cm³/mol. The first-order valence-electron chi connectivity index (χ1n) is 8.33. The summed E-state index contributed by atoms with van der Waals surface area (Å²) in [6.07, 6.45) is -0.307. The minimum atomic E-state index is -1.06. The molecule has 2 aromatic carbocycles. The third-order valence-electron chi connectivity index (χ3n) is 3.88. The Hall–Kier alpha value is -3.73. The summed E-state index contributed by atoms with van der Waals surface area (Å²) in [7, 11) is 2.96. The number of nitrogens with zero attached hydrogens (tertiary/aromatic N) is 1. The Morgan fingerprint density at radius 1 is 1.11 bits per heavy atom. The number of hydrogen-bond acceptors (Lipinski definition) is 6. The highest BCUT2D eigenvalue weighted by Gasteiger charge is 2.20. The quantitative estimate of drug-likeness (QED) is 0.681. The number of carbonyl (C=O) groups excluding carboxylic acids is 1. The highest BCUT2D eigenvalue weighted by molar-refractivity contribution is 5.79. The lowest BCUT2D eigenvalue weighted by Crippen LogP contribution is -2.33. The minimum absolute atomic E-state index is 0.296. The van der Waals surface area contributed by atoms with Gasteiger partial charge in [-0.1, -0.05) is 6.07 Å². The molecule has 0 saturated heterocycles. The number of benzene rings is 2. The van der Waals surface area contributed by atoms with Crippen molar-refractivity contribution in [2.24, 2.45) is 0 Å². The van der Waals surface area contributed by atoms with E-state index in [4.69, 9.17) is 19.5 Å². The van der Waals surface area contributed by atoms with Crippen molar-refractivity contribution in [1.82, 2.24) is 5.32 Å². The lowest BCUT2D eigenvalue weighted by atomic mass is 10.0. The molecule has 0 aliphatic heterocycles. The van der Waals surface area contributed by atoms with Gasteiger partial charge in [0.25, 0.3) is 5.91 Å². The van der Waals surface area contributed by atoms with Crippen LogP contribution in [-0.4, -0.2) is 37.8 Å². The molecule has 0 aliphatic carbocycles. The van der Waals surface area contributed by atoms with Crippen LogP contribution < -0.4 is 19.5 Å². The second-order valence-electron chi connectivity index (χ2n) is 5.76. The van der Waals surface area contributed by atoms with Crippen LogP contribution in [0.5, 0.6) is 17.2 Å². The van der Waals surface area contributed by atoms with E-state index >= 15 is 0 Å². The van der Waals surface area contributed by atoms with E-state index in [0.717, 1.165) is 0 Å². The highest BCUT2D eigenvalue weighted by atomic mass is 16.5. The second-order valence-corrected chi connectivity index (χ2v) is 5.76. The Kier molecular flexibility index (Phi) is 7.22. The van der Waals surface area contributed by atoms with E-state index in [1.165, 1.54) is 14.2 Å². The molecule has 0 radical (unpaired) electrons. The summed E-state index contributed by atoms with van der Waals surface area (Å²) in [6, 6.07) is 12.4. The van der Waals surface area contributed by atoms with Crippen LogP contribution in [-0.2, 0) is 9.59 Å². The van der Waals surface area contributed by atoms with Crippen molar-refractivity contribution in [1.29, 1.82) is 5.26 Å². The van der Waals surface area contributed by atoms with E-state index in [-0.39, 0.29) is 13.0 Å². The minimum Gasteiger partial charge on any atom is -0.493 e. The average molecular weight is 384 g/mol. The third-order valence-corrected chi connectivity index (χ3v) is 3.88. The molecule has 1 atom stereocenters. The van der Waals surface area contributed by atoms with Crippen molar-refractivity contribution in [3.8, 4) is 23.3 Å². The van der Waals surface area contributed by atoms with Crippen molar-refractivity contribution in [2.75, 3.05) is 20.8 Å². The van der Waals surface area contributed by atoms with Crippen LogP contribution in [0.2, 0.25) is 0 Å². The van der Waals surface area contributed by atoms with E-state index in [0.29, 0.717) is 28.4 Å². The van der Waals surface area contributed by atoms with Gasteiger partial charge in [0.1, 0.15) is 5.75 Å². The van der Waals surface area contributed by atoms with E-state index in [9.17, 15) is 14.7 Å². The fourth-order valence-corrected chi connectivity index (χ4v) is 2.51. The third kappa shape index (κ3) is 5.64. The van der Waals surface area contributed by atoms with Crippen LogP contribution in [0.25, 0.3) is 0 Å². The number of hydrogen-bond donors (Lipinski definition) is 2. The monoisotopic (exact) mass is 384 g/mol. The molecule has 0 heterocycles. The predicted octanol–water partition coefficient (Wildman–Crippen LogP) is 2.29. The molecule has 1 unspecified atom stereocenters. The smallest absolute Gasteiger partial charge is 0.305 e. The molecular weight excluding hydrogens is 364 g/mol. The number of carboxylic acid groups (broad SMARTS) is 1. The molecule has 2 N–H and O–H groups in total. The molecule has 28 heavy (non-hydrogen) atoms. The SMILES string of the molecule is COc1ccc(C(CC(=O)O)NC(=O)COc2ccc(C#N)cc2)cc1OC. The maximum atomic E-state index is 12.2. The fourth-order valence-electron chi connectivity index (χ4n) is 2.51. The molecule has 1 amide bonds. The number of ether oxygens (including phenoxy) is 3. The number of methoxy groups -OCH3 is 2. The summed E-state index contributed by atoms with van der Waals surface area (Å²) in [4.78, 5) is 23.5. The fraction of sp³-hybridized carbons (Fsp3) is 0.250. The highest BCUT2D eigenvalue weighted by Crippen LogP contribution is 2.31. The maximum absolute atomic E-state index is 12.2. The first-order valence-corrected chi connectivity index (χ1v) is 8.33. The topological polar surface area (TPSA) is 118 Å². The number of aliphatic carboxylic acids is 1. The zero-order valence-corrected chi connectivity index (χ0v) is 15.5. The van der Waals surface area contributed by atoms with Gasteiger partial charge in [-0.05, 0) is 42.0 Å². The van der Waals surface area contributed by atoms with Crippen LogP contribution in [0.15, 0.2) is 42.5 Å². The maximum Gasteiger partial charge on any atom is 0.305 e. The van der Waals surface area contributed by atoms with Gasteiger partial charge in [0, 0.05) is 0 Å². The van der Waals surface area contributed by atoms with Gasteiger partial charge in [-0.25, -0.2) is 0 Å². The van der Waals surface area contributed by atoms with Gasteiger partial charge < -0.3 is 24.6 Å². The van der Waals surface area contributed by atoms with Crippen LogP contribution in [0.4, 0.5) is 0 Å². The van der Waals surface area contributed by atoms with Crippen molar-refractivity contribution >= 4 is 11.9 Å². The molecule has 8 heteroatoms. The molecule has 0 aliphatic rings. The van der Waals surface area contributed by atoms with Gasteiger partial charge in [-0.15, -0.1) is 0 Å². The van der Waals surface area contributed by atoms with Crippen LogP contribution in [0, 0.1) is 11.3 Å². The van der Waals surface area contributed by atoms with Crippen molar-refractivity contribution in [3.05, 3.63) is 53.6 Å². The largest absolute Gasteiger partial charge is 0.493 e. The number of carbonyl (C=O) groups is 2. The van der Waals surface area contributed by atoms with Gasteiger partial charge in [-0.3, -0.25) is 9.59 Å². The van der Waals surface area contributed by atoms with Gasteiger partial charge in [0.2, 0.25) is 0 Å². The molecule has 146 valence electrons. The Labute approximate surface area is 162 Å². The van der Waals surface area contributed by atoms with E-state index in [2.05, 4.69) is 5.32 Å². The van der Waals surface area contributed by atoms with E-state index in [1.54, 1.807) is 42.5 Å². The van der Waals surface area contributed by atoms with Crippen LogP contribution >= 0.6 is 0 Å². The Morgan fingerprint density at radius 2 is 1.79 bits per heavy atom. The van der Waals surface area contributed by atoms with Crippen LogP contribution in [0.1, 0.15) is 23.6 Å². The van der Waals surface area contributed by atoms with Crippen molar-refractivity contribution < 1.29 is 28.9 Å². The standard InChI is InChI=1S/C20H20N2O6/c1-26-17-8-5-14(9-18(17)27-2)16(10-20(24)25)22-19(23)12-28-15-6-3-13(11-21)4-7-15/h3-9,16H,10,12H2,1-2H3,(H,22,23)(H,24,25). The Morgan fingerprint density at radius 3 is 2.36 bits per heavy atom. The molecule has 0 aromatic heterocycles. The zero-order valence-electron chi connectivity index (χ0n) is 15.5. The molecule has 0 saturated carbocycles. The van der Waals surface area contributed by atoms with Gasteiger partial charge >= 0.3 is 5.97 Å². The van der Waals surface area contributed by atoms with Crippen molar-refractivity contribution in [3.63, 3.8) is 0 Å². The first kappa shape index (κ1) is 20.6. The summed E-state index contributed by atoms with van der Waals surface area (Å²) in [5.41, 5.74) is 1.04. The van der Waals surface area contributed by atoms with E-state index < -0.39 is 17.9 Å². The van der Waals surface area contributed by atoms with Crippen molar-refractivity contribution in [2.45, 2.75) is 12.5 Å². The summed E-state index contributed by atoms with van der Waals surface area (Å²) in [6.45, 7) is -0.296. The molecular formula is C20H20N2O6. The molecule has 2 rings (SSSR count). The summed E-state index contributed by atoms with van der Waals surface area (Å²) in [5.74, 6) is -0.192. The normalized spacial score (nSPS) is 11.0. The Balaban J connectivity index is 2.07. The molecule has 0 fully saturated rings. The summed E-state index contributed by atoms with van der Waals surface area (Å²) < 4.78 is 15.8. The lowest BCUT2D eigenvalue weighted by molar-refractivity contribution is -0.137. The Bertz CT molecular complexity index is 873. The van der Waals surface area contributed by atoms with Gasteiger partial charge in [0.05, 0.1) is 38.3 Å². The zero-order chi connectivity index (χ0) is 20.5. The number of carboxylic acids is 1. The number of nitriles is 1. The lowest BCUT2D eigenvalue weighted by Gasteiger charge is -2.19. The second kappa shape index (κ2) is 9.83. The number of nitrogens with one attached hydrogen (secondary N) is 1. The first-order chi connectivity index (χ1) is 13.5. The van der Waals surface area contributed by atoms with Gasteiger partial charge in [-0.2, -0.15) is 5.26 Å². The van der Waals surface area contributed by atoms with E-state index in [1.807, 2.05) is 6.07 Å². The average Bonchev–Trinajstić information content (AvgIpc) is 2.71. The summed E-state index contributed by atoms with van der Waals surface area (Å²) in [5, 5.41) is 20.6. The molecule has 8 nitrogen and oxygen atoms in total. The number of amides is 1. The molecule has 0 spiro atoms.